The summed E-state index contributed by atoms with van der Waals surface area (Å²) in [6.45, 7) is 0. The summed E-state index contributed by atoms with van der Waals surface area (Å²) in [7, 11) is 0. The highest BCUT2D eigenvalue weighted by Crippen LogP contribution is 2.20. The van der Waals surface area contributed by atoms with E-state index in [-0.39, 0.29) is 11.1 Å². The van der Waals surface area contributed by atoms with Crippen LogP contribution in [0.15, 0.2) is 30.6 Å². The number of nitrogen functional groups attached to an aromatic ring is 1. The Kier molecular flexibility index (Phi) is 2.64. The smallest absolute Gasteiger partial charge is 0.225 e. The molecule has 0 aliphatic heterocycles. The number of nitrogens with zero attached hydrogens (tertiary/aromatic N) is 3. The number of nitrogens with two attached hydrogens (primary N) is 1. The maximum absolute atomic E-state index is 5.69. The Morgan fingerprint density at radius 1 is 1.33 bits per heavy atom. The molecule has 5 nitrogen and oxygen atoms in total. The van der Waals surface area contributed by atoms with Gasteiger partial charge >= 0.3 is 0 Å². The molecule has 0 aliphatic rings. The van der Waals surface area contributed by atoms with Crippen LogP contribution in [-0.4, -0.2) is 15.0 Å². The summed E-state index contributed by atoms with van der Waals surface area (Å²) >= 11 is 5.69. The number of anilines is 1. The normalized spacial score (nSPS) is 9.93. The van der Waals surface area contributed by atoms with Crippen LogP contribution in [-0.2, 0) is 0 Å². The molecular formula is C9H7ClN4O. The summed E-state index contributed by atoms with van der Waals surface area (Å²) in [6, 6.07) is 4.98. The van der Waals surface area contributed by atoms with Gasteiger partial charge in [-0.2, -0.15) is 4.98 Å². The van der Waals surface area contributed by atoms with Gasteiger partial charge in [0.25, 0.3) is 0 Å². The molecule has 2 aromatic rings. The molecule has 0 atom stereocenters. The predicted molar refractivity (Wildman–Crippen MR) is 55.8 cm³/mol. The number of rotatable bonds is 2. The zero-order chi connectivity index (χ0) is 10.7. The van der Waals surface area contributed by atoms with E-state index in [2.05, 4.69) is 15.0 Å². The molecule has 6 heteroatoms. The van der Waals surface area contributed by atoms with Gasteiger partial charge in [0.05, 0.1) is 6.20 Å². The maximum Gasteiger partial charge on any atom is 0.225 e. The van der Waals surface area contributed by atoms with Gasteiger partial charge in [-0.05, 0) is 12.1 Å². The van der Waals surface area contributed by atoms with E-state index in [0.717, 1.165) is 0 Å². The van der Waals surface area contributed by atoms with Crippen LogP contribution in [0.25, 0.3) is 0 Å². The molecule has 0 spiro atoms. The van der Waals surface area contributed by atoms with E-state index in [1.165, 1.54) is 6.07 Å². The predicted octanol–water partition coefficient (Wildman–Crippen LogP) is 1.90. The molecule has 0 unspecified atom stereocenters. The number of hydrogen-bond acceptors (Lipinski definition) is 5. The molecule has 2 rings (SSSR count). The average molecular weight is 223 g/mol. The molecule has 0 saturated heterocycles. The van der Waals surface area contributed by atoms with Crippen molar-refractivity contribution < 1.29 is 4.74 Å². The molecule has 2 N–H and O–H groups in total. The van der Waals surface area contributed by atoms with Crippen LogP contribution in [0.1, 0.15) is 0 Å². The Hall–Kier alpha value is -1.88. The number of hydrogen-bond donors (Lipinski definition) is 1. The van der Waals surface area contributed by atoms with Gasteiger partial charge in [0.1, 0.15) is 10.9 Å². The highest BCUT2D eigenvalue weighted by Gasteiger charge is 2.02. The Morgan fingerprint density at radius 3 is 2.87 bits per heavy atom. The second-order valence-corrected chi connectivity index (χ2v) is 3.07. The molecular weight excluding hydrogens is 216 g/mol. The van der Waals surface area contributed by atoms with Crippen LogP contribution in [0.5, 0.6) is 11.6 Å². The van der Waals surface area contributed by atoms with Crippen molar-refractivity contribution in [2.45, 2.75) is 0 Å². The van der Waals surface area contributed by atoms with Gasteiger partial charge in [0, 0.05) is 12.3 Å². The van der Waals surface area contributed by atoms with E-state index >= 15 is 0 Å². The largest absolute Gasteiger partial charge is 0.437 e. The monoisotopic (exact) mass is 222 g/mol. The molecule has 0 bridgehead atoms. The number of halogens is 1. The standard InChI is InChI=1S/C9H7ClN4O/c10-7-4-8(14-9(11)13-7)15-6-2-1-3-12-5-6/h1-5H,(H2,11,13,14). The summed E-state index contributed by atoms with van der Waals surface area (Å²) in [6.07, 6.45) is 3.21. The van der Waals surface area contributed by atoms with Crippen LogP contribution in [0, 0.1) is 0 Å². The van der Waals surface area contributed by atoms with Gasteiger partial charge < -0.3 is 10.5 Å². The van der Waals surface area contributed by atoms with Crippen LogP contribution in [0.4, 0.5) is 5.95 Å². The van der Waals surface area contributed by atoms with Crippen molar-refractivity contribution in [1.29, 1.82) is 0 Å². The summed E-state index contributed by atoms with van der Waals surface area (Å²) in [5.41, 5.74) is 5.41. The van der Waals surface area contributed by atoms with Crippen molar-refractivity contribution in [1.82, 2.24) is 15.0 Å². The third-order valence-corrected chi connectivity index (χ3v) is 1.74. The minimum absolute atomic E-state index is 0.0707. The van der Waals surface area contributed by atoms with E-state index in [1.54, 1.807) is 24.5 Å². The van der Waals surface area contributed by atoms with Crippen molar-refractivity contribution >= 4 is 17.5 Å². The highest BCUT2D eigenvalue weighted by molar-refractivity contribution is 6.29. The van der Waals surface area contributed by atoms with Crippen molar-refractivity contribution in [2.24, 2.45) is 0 Å². The summed E-state index contributed by atoms with van der Waals surface area (Å²) in [5.74, 6) is 0.925. The van der Waals surface area contributed by atoms with Crippen LogP contribution >= 0.6 is 11.6 Å². The molecule has 0 radical (unpaired) electrons. The van der Waals surface area contributed by atoms with Gasteiger partial charge in [0.15, 0.2) is 0 Å². The van der Waals surface area contributed by atoms with Crippen LogP contribution in [0.2, 0.25) is 5.15 Å². The minimum Gasteiger partial charge on any atom is -0.437 e. The second kappa shape index (κ2) is 4.10. The highest BCUT2D eigenvalue weighted by atomic mass is 35.5. The van der Waals surface area contributed by atoms with Gasteiger partial charge in [-0.15, -0.1) is 0 Å². The third-order valence-electron chi connectivity index (χ3n) is 1.55. The lowest BCUT2D eigenvalue weighted by Crippen LogP contribution is -1.97. The number of ether oxygens (including phenoxy) is 1. The van der Waals surface area contributed by atoms with E-state index in [9.17, 15) is 0 Å². The molecule has 15 heavy (non-hydrogen) atoms. The fraction of sp³-hybridized carbons (Fsp3) is 0. The zero-order valence-electron chi connectivity index (χ0n) is 7.59. The molecule has 0 amide bonds. The van der Waals surface area contributed by atoms with Crippen LogP contribution in [0.3, 0.4) is 0 Å². The van der Waals surface area contributed by atoms with E-state index < -0.39 is 0 Å². The quantitative estimate of drug-likeness (QED) is 0.786. The Morgan fingerprint density at radius 2 is 2.20 bits per heavy atom. The first-order valence-electron chi connectivity index (χ1n) is 4.12. The van der Waals surface area contributed by atoms with Crippen molar-refractivity contribution in [3.8, 4) is 11.6 Å². The summed E-state index contributed by atoms with van der Waals surface area (Å²) in [4.78, 5) is 11.5. The lowest BCUT2D eigenvalue weighted by atomic mass is 10.5. The number of pyridine rings is 1. The van der Waals surface area contributed by atoms with Crippen LogP contribution < -0.4 is 10.5 Å². The van der Waals surface area contributed by atoms with Gasteiger partial charge in [0.2, 0.25) is 11.8 Å². The Bertz CT molecular complexity index is 443. The molecule has 76 valence electrons. The second-order valence-electron chi connectivity index (χ2n) is 2.68. The molecule has 0 saturated carbocycles. The Labute approximate surface area is 90.9 Å². The molecule has 2 heterocycles. The van der Waals surface area contributed by atoms with Gasteiger partial charge in [-0.1, -0.05) is 11.6 Å². The lowest BCUT2D eigenvalue weighted by molar-refractivity contribution is 0.460. The minimum atomic E-state index is 0.0707. The summed E-state index contributed by atoms with van der Waals surface area (Å²) < 4.78 is 5.36. The molecule has 0 aromatic carbocycles. The van der Waals surface area contributed by atoms with E-state index in [4.69, 9.17) is 22.1 Å². The van der Waals surface area contributed by atoms with Crippen molar-refractivity contribution in [3.05, 3.63) is 35.7 Å². The van der Waals surface area contributed by atoms with Gasteiger partial charge in [-0.3, -0.25) is 4.98 Å². The number of aromatic nitrogens is 3. The van der Waals surface area contributed by atoms with Gasteiger partial charge in [-0.25, -0.2) is 4.98 Å². The first kappa shape index (κ1) is 9.67. The van der Waals surface area contributed by atoms with Crippen molar-refractivity contribution in [2.75, 3.05) is 5.73 Å². The van der Waals surface area contributed by atoms with E-state index in [1.807, 2.05) is 0 Å². The summed E-state index contributed by atoms with van der Waals surface area (Å²) in [5, 5.41) is 0.237. The first-order chi connectivity index (χ1) is 7.24. The topological polar surface area (TPSA) is 73.9 Å². The first-order valence-corrected chi connectivity index (χ1v) is 4.50. The van der Waals surface area contributed by atoms with E-state index in [0.29, 0.717) is 11.6 Å². The lowest BCUT2D eigenvalue weighted by Gasteiger charge is -2.04. The average Bonchev–Trinajstić information content (AvgIpc) is 2.17. The SMILES string of the molecule is Nc1nc(Cl)cc(Oc2cccnc2)n1. The molecule has 0 fully saturated rings. The van der Waals surface area contributed by atoms with Crippen molar-refractivity contribution in [3.63, 3.8) is 0 Å². The molecule has 0 aliphatic carbocycles. The molecule has 2 aromatic heterocycles. The fourth-order valence-corrected chi connectivity index (χ4v) is 1.17. The Balaban J connectivity index is 2.25. The third kappa shape index (κ3) is 2.54. The zero-order valence-corrected chi connectivity index (χ0v) is 8.35. The fourth-order valence-electron chi connectivity index (χ4n) is 0.994. The maximum atomic E-state index is 5.69.